The van der Waals surface area contributed by atoms with Crippen LogP contribution in [0.15, 0.2) is 36.4 Å². The van der Waals surface area contributed by atoms with Crippen molar-refractivity contribution in [2.75, 3.05) is 6.54 Å². The predicted molar refractivity (Wildman–Crippen MR) is 95.3 cm³/mol. The fourth-order valence-electron chi connectivity index (χ4n) is 2.31. The van der Waals surface area contributed by atoms with Gasteiger partial charge in [-0.1, -0.05) is 0 Å². The first-order chi connectivity index (χ1) is 12.7. The summed E-state index contributed by atoms with van der Waals surface area (Å²) in [7, 11) is 0. The van der Waals surface area contributed by atoms with Crippen molar-refractivity contribution in [3.63, 3.8) is 0 Å². The van der Waals surface area contributed by atoms with Crippen LogP contribution < -0.4 is 5.32 Å². The second kappa shape index (κ2) is 8.22. The minimum absolute atomic E-state index is 0.103. The lowest BCUT2D eigenvalue weighted by Gasteiger charge is -2.04. The number of nitrogens with one attached hydrogen (secondary N) is 1. The van der Waals surface area contributed by atoms with Gasteiger partial charge in [-0.2, -0.15) is 5.26 Å². The van der Waals surface area contributed by atoms with E-state index in [4.69, 9.17) is 5.26 Å². The third-order valence-corrected chi connectivity index (χ3v) is 4.46. The van der Waals surface area contributed by atoms with Crippen LogP contribution in [0.4, 0.5) is 0 Å². The van der Waals surface area contributed by atoms with Gasteiger partial charge in [-0.3, -0.25) is 4.79 Å². The number of nitriles is 1. The minimum Gasteiger partial charge on any atom is -0.506 e. The Hall–Kier alpha value is -3.25. The molecule has 8 nitrogen and oxygen atoms in total. The van der Waals surface area contributed by atoms with E-state index in [2.05, 4.69) is 20.3 Å². The molecule has 0 saturated carbocycles. The molecule has 132 valence electrons. The molecule has 3 rings (SSSR count). The molecule has 0 spiro atoms. The van der Waals surface area contributed by atoms with Gasteiger partial charge >= 0.3 is 0 Å². The number of imidazole rings is 1. The largest absolute Gasteiger partial charge is 0.506 e. The molecule has 0 unspecified atom stereocenters. The number of pyridine rings is 1. The quantitative estimate of drug-likeness (QED) is 0.613. The number of thiazole rings is 1. The maximum atomic E-state index is 12.0. The van der Waals surface area contributed by atoms with Crippen molar-refractivity contribution in [2.45, 2.75) is 19.4 Å². The van der Waals surface area contributed by atoms with Gasteiger partial charge in [0.15, 0.2) is 0 Å². The number of nitrogens with zero attached hydrogens (tertiary/aromatic N) is 5. The monoisotopic (exact) mass is 368 g/mol. The first-order valence-electron chi connectivity index (χ1n) is 7.92. The molecule has 9 heteroatoms. The summed E-state index contributed by atoms with van der Waals surface area (Å²) < 4.78 is 1.95. The van der Waals surface area contributed by atoms with Gasteiger partial charge in [-0.15, -0.1) is 11.3 Å². The molecule has 26 heavy (non-hydrogen) atoms. The summed E-state index contributed by atoms with van der Waals surface area (Å²) >= 11 is 1.29. The van der Waals surface area contributed by atoms with Crippen molar-refractivity contribution >= 4 is 17.2 Å². The normalized spacial score (nSPS) is 10.4. The second-order valence-corrected chi connectivity index (χ2v) is 6.39. The number of amides is 1. The molecule has 1 amide bonds. The van der Waals surface area contributed by atoms with E-state index in [0.29, 0.717) is 22.9 Å². The molecule has 3 heterocycles. The zero-order chi connectivity index (χ0) is 18.4. The van der Waals surface area contributed by atoms with Crippen LogP contribution in [0.2, 0.25) is 0 Å². The summed E-state index contributed by atoms with van der Waals surface area (Å²) in [6.45, 7) is 1.37. The van der Waals surface area contributed by atoms with Crippen LogP contribution in [0, 0.1) is 11.3 Å². The van der Waals surface area contributed by atoms with E-state index in [1.54, 1.807) is 17.9 Å². The highest BCUT2D eigenvalue weighted by atomic mass is 32.1. The molecule has 2 N–H and O–H groups in total. The van der Waals surface area contributed by atoms with Crippen LogP contribution in [0.25, 0.3) is 10.7 Å². The van der Waals surface area contributed by atoms with E-state index in [1.807, 2.05) is 16.8 Å². The van der Waals surface area contributed by atoms with Crippen molar-refractivity contribution in [3.8, 4) is 22.5 Å². The molecule has 0 fully saturated rings. The Morgan fingerprint density at radius 3 is 3.08 bits per heavy atom. The van der Waals surface area contributed by atoms with Gasteiger partial charge in [0, 0.05) is 43.1 Å². The lowest BCUT2D eigenvalue weighted by Crippen LogP contribution is -2.26. The van der Waals surface area contributed by atoms with E-state index in [1.165, 1.54) is 23.6 Å². The Morgan fingerprint density at radius 2 is 2.35 bits per heavy atom. The molecule has 0 saturated heterocycles. The van der Waals surface area contributed by atoms with Crippen molar-refractivity contribution in [2.24, 2.45) is 0 Å². The van der Waals surface area contributed by atoms with Gasteiger partial charge in [0.25, 0.3) is 0 Å². The van der Waals surface area contributed by atoms with Gasteiger partial charge in [0.1, 0.15) is 22.5 Å². The zero-order valence-electron chi connectivity index (χ0n) is 13.8. The molecule has 0 aliphatic heterocycles. The highest BCUT2D eigenvalue weighted by molar-refractivity contribution is 7.13. The van der Waals surface area contributed by atoms with Crippen molar-refractivity contribution in [1.82, 2.24) is 24.8 Å². The fraction of sp³-hybridized carbons (Fsp3) is 0.235. The van der Waals surface area contributed by atoms with Gasteiger partial charge in [0.2, 0.25) is 5.91 Å². The second-order valence-electron chi connectivity index (χ2n) is 5.53. The summed E-state index contributed by atoms with van der Waals surface area (Å²) in [6, 6.07) is 3.26. The first-order valence-corrected chi connectivity index (χ1v) is 8.80. The van der Waals surface area contributed by atoms with Crippen molar-refractivity contribution < 1.29 is 9.90 Å². The van der Waals surface area contributed by atoms with Crippen LogP contribution in [0.3, 0.4) is 0 Å². The molecule has 0 aliphatic rings. The van der Waals surface area contributed by atoms with Gasteiger partial charge in [-0.25, -0.2) is 15.0 Å². The van der Waals surface area contributed by atoms with Crippen LogP contribution in [0.1, 0.15) is 17.7 Å². The van der Waals surface area contributed by atoms with E-state index in [0.717, 1.165) is 13.0 Å². The summed E-state index contributed by atoms with van der Waals surface area (Å²) in [5.41, 5.74) is 1.20. The average Bonchev–Trinajstić information content (AvgIpc) is 3.30. The van der Waals surface area contributed by atoms with Crippen LogP contribution in [-0.4, -0.2) is 37.1 Å². The zero-order valence-corrected chi connectivity index (χ0v) is 14.6. The van der Waals surface area contributed by atoms with Crippen LogP contribution in [-0.2, 0) is 17.8 Å². The van der Waals surface area contributed by atoms with E-state index < -0.39 is 0 Å². The number of hydrogen-bond donors (Lipinski definition) is 2. The third kappa shape index (κ3) is 4.43. The van der Waals surface area contributed by atoms with E-state index >= 15 is 0 Å². The Bertz CT molecular complexity index is 929. The number of carbonyl (C=O) groups excluding carboxylic acids is 1. The molecular formula is C17H16N6O2S. The number of rotatable bonds is 7. The Morgan fingerprint density at radius 1 is 1.46 bits per heavy atom. The van der Waals surface area contributed by atoms with Crippen molar-refractivity contribution in [1.29, 1.82) is 5.26 Å². The summed E-state index contributed by atoms with van der Waals surface area (Å²) in [5, 5.41) is 23.9. The first kappa shape index (κ1) is 17.6. The molecule has 0 bridgehead atoms. The number of aryl methyl sites for hydroxylation is 1. The van der Waals surface area contributed by atoms with Crippen LogP contribution in [0.5, 0.6) is 5.75 Å². The average molecular weight is 368 g/mol. The Balaban J connectivity index is 1.51. The smallest absolute Gasteiger partial charge is 0.226 e. The molecule has 3 aromatic rings. The minimum atomic E-state index is -0.107. The predicted octanol–water partition coefficient (Wildman–Crippen LogP) is 1.73. The lowest BCUT2D eigenvalue weighted by atomic mass is 10.2. The Labute approximate surface area is 153 Å². The number of hydrogen-bond acceptors (Lipinski definition) is 7. The maximum Gasteiger partial charge on any atom is 0.226 e. The number of carbonyl (C=O) groups is 1. The topological polar surface area (TPSA) is 117 Å². The third-order valence-electron chi connectivity index (χ3n) is 3.57. The molecule has 0 aliphatic carbocycles. The molecular weight excluding hydrogens is 352 g/mol. The molecule has 3 aromatic heterocycles. The van der Waals surface area contributed by atoms with Crippen LogP contribution >= 0.6 is 11.3 Å². The lowest BCUT2D eigenvalue weighted by molar-refractivity contribution is -0.120. The van der Waals surface area contributed by atoms with Gasteiger partial charge in [-0.05, 0) is 6.42 Å². The highest BCUT2D eigenvalue weighted by Gasteiger charge is 2.13. The van der Waals surface area contributed by atoms with Gasteiger partial charge in [0.05, 0.1) is 24.0 Å². The summed E-state index contributed by atoms with van der Waals surface area (Å²) in [4.78, 5) is 24.4. The SMILES string of the molecule is N#Cc1cnc(-c2nc(CC(=O)NCCCn3ccnc3)cs2)c(O)c1. The number of aromatic nitrogens is 4. The maximum absolute atomic E-state index is 12.0. The highest BCUT2D eigenvalue weighted by Crippen LogP contribution is 2.30. The van der Waals surface area contributed by atoms with Gasteiger partial charge < -0.3 is 15.0 Å². The van der Waals surface area contributed by atoms with Crippen molar-refractivity contribution in [3.05, 3.63) is 47.6 Å². The molecule has 0 aromatic carbocycles. The Kier molecular flexibility index (Phi) is 5.56. The van der Waals surface area contributed by atoms with E-state index in [9.17, 15) is 9.90 Å². The fourth-order valence-corrected chi connectivity index (χ4v) is 3.13. The molecule has 0 atom stereocenters. The summed E-state index contributed by atoms with van der Waals surface area (Å²) in [5.74, 6) is -0.210. The standard InChI is InChI=1S/C17H16N6O2S/c18-8-12-6-14(24)16(21-9-12)17-22-13(10-26-17)7-15(25)20-2-1-4-23-5-3-19-11-23/h3,5-6,9-11,24H,1-2,4,7H2,(H,20,25). The van der Waals surface area contributed by atoms with E-state index in [-0.39, 0.29) is 23.6 Å². The summed E-state index contributed by atoms with van der Waals surface area (Å²) in [6.07, 6.45) is 7.70. The molecule has 0 radical (unpaired) electrons. The number of aromatic hydroxyl groups is 1.